The van der Waals surface area contributed by atoms with E-state index in [1.54, 1.807) is 4.90 Å². The molecular weight excluding hydrogens is 424 g/mol. The molecule has 0 aromatic heterocycles. The van der Waals surface area contributed by atoms with E-state index in [1.807, 2.05) is 36.4 Å². The van der Waals surface area contributed by atoms with E-state index in [0.717, 1.165) is 30.8 Å². The zero-order chi connectivity index (χ0) is 23.1. The molecule has 1 fully saturated rings. The molecule has 0 saturated carbocycles. The van der Waals surface area contributed by atoms with Gasteiger partial charge in [0.15, 0.2) is 16.4 Å². The number of aryl methyl sites for hydroxylation is 1. The number of carbonyl (C=O) groups excluding carboxylic acids is 1. The lowest BCUT2D eigenvalue weighted by Crippen LogP contribution is -2.43. The summed E-state index contributed by atoms with van der Waals surface area (Å²) >= 11 is 0. The monoisotopic (exact) mass is 458 g/mol. The lowest BCUT2D eigenvalue weighted by molar-refractivity contribution is -0.136. The summed E-state index contributed by atoms with van der Waals surface area (Å²) in [4.78, 5) is 17.0. The number of anilines is 1. The van der Waals surface area contributed by atoms with Crippen molar-refractivity contribution in [2.45, 2.75) is 46.2 Å². The number of carbonyl (C=O) groups is 1. The second-order valence-electron chi connectivity index (χ2n) is 8.20. The number of hydrogen-bond acceptors (Lipinski definition) is 5. The molecule has 2 aromatic carbocycles. The van der Waals surface area contributed by atoms with Crippen molar-refractivity contribution < 1.29 is 17.9 Å². The Bertz CT molecular complexity index is 984. The Morgan fingerprint density at radius 2 is 1.59 bits per heavy atom. The molecule has 0 spiro atoms. The van der Waals surface area contributed by atoms with Crippen molar-refractivity contribution in [2.24, 2.45) is 0 Å². The van der Waals surface area contributed by atoms with Crippen LogP contribution in [-0.4, -0.2) is 56.5 Å². The molecule has 3 rings (SSSR count). The first-order chi connectivity index (χ1) is 15.3. The first-order valence-electron chi connectivity index (χ1n) is 11.4. The largest absolute Gasteiger partial charge is 0.484 e. The first kappa shape index (κ1) is 24.1. The molecule has 32 heavy (non-hydrogen) atoms. The van der Waals surface area contributed by atoms with Gasteiger partial charge >= 0.3 is 0 Å². The molecule has 174 valence electrons. The number of ether oxygens (including phenoxy) is 1. The van der Waals surface area contributed by atoms with Crippen LogP contribution in [0.4, 0.5) is 5.69 Å². The average molecular weight is 459 g/mol. The third-order valence-corrected chi connectivity index (χ3v) is 7.83. The minimum absolute atomic E-state index is 0.0153. The van der Waals surface area contributed by atoms with Gasteiger partial charge in [-0.2, -0.15) is 0 Å². The highest BCUT2D eigenvalue weighted by atomic mass is 32.2. The van der Waals surface area contributed by atoms with E-state index >= 15 is 0 Å². The van der Waals surface area contributed by atoms with E-state index < -0.39 is 9.84 Å². The molecule has 1 unspecified atom stereocenters. The van der Waals surface area contributed by atoms with Crippen molar-refractivity contribution in [3.8, 4) is 5.75 Å². The fraction of sp³-hybridized carbons (Fsp3) is 0.480. The van der Waals surface area contributed by atoms with E-state index in [-0.39, 0.29) is 30.1 Å². The molecule has 1 heterocycles. The third kappa shape index (κ3) is 6.25. The Morgan fingerprint density at radius 3 is 2.12 bits per heavy atom. The Morgan fingerprint density at radius 1 is 0.969 bits per heavy atom. The number of rotatable bonds is 10. The second kappa shape index (κ2) is 10.9. The predicted octanol–water partition coefficient (Wildman–Crippen LogP) is 3.69. The Hall–Kier alpha value is -2.54. The van der Waals surface area contributed by atoms with Crippen molar-refractivity contribution in [3.63, 3.8) is 0 Å². The maximum absolute atomic E-state index is 13.1. The predicted molar refractivity (Wildman–Crippen MR) is 129 cm³/mol. The SMILES string of the molecule is CCc1ccc(OCC(=O)N(Cc2ccc(N(CC)CC)cc2)C2CCS(=O)(=O)C2)cc1. The highest BCUT2D eigenvalue weighted by Crippen LogP contribution is 2.22. The van der Waals surface area contributed by atoms with E-state index in [4.69, 9.17) is 4.74 Å². The standard InChI is InChI=1S/C25H34N2O4S/c1-4-20-9-13-24(14-10-20)31-18-25(28)27(23-15-16-32(29,30)19-23)17-21-7-11-22(12-8-21)26(5-2)6-3/h7-14,23H,4-6,15-19H2,1-3H3. The Balaban J connectivity index is 1.72. The fourth-order valence-electron chi connectivity index (χ4n) is 4.09. The van der Waals surface area contributed by atoms with Crippen LogP contribution in [-0.2, 0) is 27.6 Å². The van der Waals surface area contributed by atoms with Gasteiger partial charge in [0, 0.05) is 31.4 Å². The van der Waals surface area contributed by atoms with Crippen molar-refractivity contribution in [1.82, 2.24) is 4.90 Å². The highest BCUT2D eigenvalue weighted by molar-refractivity contribution is 7.91. The normalized spacial score (nSPS) is 17.2. The van der Waals surface area contributed by atoms with Gasteiger partial charge in [-0.25, -0.2) is 8.42 Å². The highest BCUT2D eigenvalue weighted by Gasteiger charge is 2.34. The minimum atomic E-state index is -3.11. The van der Waals surface area contributed by atoms with Crippen LogP contribution in [0.25, 0.3) is 0 Å². The average Bonchev–Trinajstić information content (AvgIpc) is 3.17. The lowest BCUT2D eigenvalue weighted by atomic mass is 10.1. The molecule has 1 atom stereocenters. The van der Waals surface area contributed by atoms with Crippen molar-refractivity contribution >= 4 is 21.4 Å². The van der Waals surface area contributed by atoms with Gasteiger partial charge in [-0.05, 0) is 62.1 Å². The van der Waals surface area contributed by atoms with Gasteiger partial charge in [0.05, 0.1) is 11.5 Å². The molecule has 0 bridgehead atoms. The molecule has 1 aliphatic rings. The summed E-state index contributed by atoms with van der Waals surface area (Å²) < 4.78 is 29.9. The van der Waals surface area contributed by atoms with E-state index in [2.05, 4.69) is 37.8 Å². The molecule has 1 aliphatic heterocycles. The summed E-state index contributed by atoms with van der Waals surface area (Å²) in [6, 6.07) is 15.5. The lowest BCUT2D eigenvalue weighted by Gasteiger charge is -2.29. The second-order valence-corrected chi connectivity index (χ2v) is 10.4. The summed E-state index contributed by atoms with van der Waals surface area (Å²) in [5, 5.41) is 0. The number of sulfone groups is 1. The topological polar surface area (TPSA) is 66.9 Å². The molecule has 0 aliphatic carbocycles. The van der Waals surface area contributed by atoms with Gasteiger partial charge in [-0.15, -0.1) is 0 Å². The van der Waals surface area contributed by atoms with Crippen LogP contribution in [0.15, 0.2) is 48.5 Å². The van der Waals surface area contributed by atoms with Gasteiger partial charge in [0.1, 0.15) is 5.75 Å². The molecular formula is C25H34N2O4S. The van der Waals surface area contributed by atoms with Crippen LogP contribution in [0.5, 0.6) is 5.75 Å². The van der Waals surface area contributed by atoms with Crippen molar-refractivity contribution in [1.29, 1.82) is 0 Å². The number of nitrogens with zero attached hydrogens (tertiary/aromatic N) is 2. The summed E-state index contributed by atoms with van der Waals surface area (Å²) in [7, 11) is -3.11. The van der Waals surface area contributed by atoms with E-state index in [1.165, 1.54) is 5.56 Å². The first-order valence-corrected chi connectivity index (χ1v) is 13.2. The number of hydrogen-bond donors (Lipinski definition) is 0. The van der Waals surface area contributed by atoms with Gasteiger partial charge in [-0.3, -0.25) is 4.79 Å². The number of amides is 1. The maximum atomic E-state index is 13.1. The minimum Gasteiger partial charge on any atom is -0.484 e. The van der Waals surface area contributed by atoms with Gasteiger partial charge in [0.2, 0.25) is 0 Å². The van der Waals surface area contributed by atoms with Crippen molar-refractivity contribution in [2.75, 3.05) is 36.1 Å². The van der Waals surface area contributed by atoms with Crippen LogP contribution in [0.1, 0.15) is 38.3 Å². The van der Waals surface area contributed by atoms with Crippen LogP contribution in [0, 0.1) is 0 Å². The van der Waals surface area contributed by atoms with Crippen LogP contribution < -0.4 is 9.64 Å². The molecule has 2 aromatic rings. The van der Waals surface area contributed by atoms with E-state index in [0.29, 0.717) is 18.7 Å². The van der Waals surface area contributed by atoms with Gasteiger partial charge < -0.3 is 14.5 Å². The molecule has 6 nitrogen and oxygen atoms in total. The van der Waals surface area contributed by atoms with Crippen molar-refractivity contribution in [3.05, 3.63) is 59.7 Å². The van der Waals surface area contributed by atoms with Crippen LogP contribution >= 0.6 is 0 Å². The fourth-order valence-corrected chi connectivity index (χ4v) is 5.82. The zero-order valence-electron chi connectivity index (χ0n) is 19.3. The van der Waals surface area contributed by atoms with Crippen LogP contribution in [0.2, 0.25) is 0 Å². The van der Waals surface area contributed by atoms with Gasteiger partial charge in [-0.1, -0.05) is 31.2 Å². The number of benzene rings is 2. The van der Waals surface area contributed by atoms with Gasteiger partial charge in [0.25, 0.3) is 5.91 Å². The molecule has 1 amide bonds. The molecule has 0 N–H and O–H groups in total. The van der Waals surface area contributed by atoms with Crippen LogP contribution in [0.3, 0.4) is 0 Å². The third-order valence-electron chi connectivity index (χ3n) is 6.08. The van der Waals surface area contributed by atoms with E-state index in [9.17, 15) is 13.2 Å². The maximum Gasteiger partial charge on any atom is 0.261 e. The Labute approximate surface area is 192 Å². The summed E-state index contributed by atoms with van der Waals surface area (Å²) in [6.45, 7) is 8.44. The smallest absolute Gasteiger partial charge is 0.261 e. The zero-order valence-corrected chi connectivity index (χ0v) is 20.1. The molecule has 7 heteroatoms. The quantitative estimate of drug-likeness (QED) is 0.543. The molecule has 0 radical (unpaired) electrons. The summed E-state index contributed by atoms with van der Waals surface area (Å²) in [5.74, 6) is 0.584. The Kier molecular flexibility index (Phi) is 8.18. The molecule has 1 saturated heterocycles. The summed E-state index contributed by atoms with van der Waals surface area (Å²) in [5.41, 5.74) is 3.32. The summed E-state index contributed by atoms with van der Waals surface area (Å²) in [6.07, 6.45) is 1.41.